The first-order valence-electron chi connectivity index (χ1n) is 11.1. The van der Waals surface area contributed by atoms with Gasteiger partial charge in [-0.25, -0.2) is 0 Å². The Morgan fingerprint density at radius 3 is 1.79 bits per heavy atom. The van der Waals surface area contributed by atoms with E-state index < -0.39 is 9.70 Å². The zero-order chi connectivity index (χ0) is 21.3. The first-order valence-corrected chi connectivity index (χ1v) is 12.1. The number of aliphatic hydroxyl groups is 3. The smallest absolute Gasteiger partial charge is 0.303 e. The average molecular weight is 516 g/mol. The van der Waals surface area contributed by atoms with Gasteiger partial charge in [-0.1, -0.05) is 58.3 Å². The molecule has 168 valence electrons. The average Bonchev–Trinajstić information content (AvgIpc) is 2.63. The van der Waals surface area contributed by atoms with Gasteiger partial charge in [-0.05, 0) is 19.3 Å². The van der Waals surface area contributed by atoms with Crippen LogP contribution in [-0.4, -0.2) is 67.5 Å². The molecule has 1 unspecified atom stereocenters. The van der Waals surface area contributed by atoms with Gasteiger partial charge in [0.25, 0.3) is 3.73 Å². The number of carboxylic acid groups (broad SMARTS) is 1. The number of aliphatic hydroxyl groups excluding tert-OH is 2. The Morgan fingerprint density at radius 1 is 0.821 bits per heavy atom. The minimum atomic E-state index is -1.06. The molecule has 0 heterocycles. The molecule has 0 aliphatic heterocycles. The van der Waals surface area contributed by atoms with Gasteiger partial charge in [-0.2, -0.15) is 0 Å². The van der Waals surface area contributed by atoms with Crippen molar-refractivity contribution in [1.82, 2.24) is 0 Å². The molecule has 0 saturated heterocycles. The molecule has 0 fully saturated rings. The molecular weight excluding hydrogens is 473 g/mol. The molecule has 7 heteroatoms. The number of unbranched alkanes of at least 4 members (excludes halogenated alkanes) is 9. The molecule has 28 heavy (non-hydrogen) atoms. The van der Waals surface area contributed by atoms with Crippen LogP contribution in [0.2, 0.25) is 0 Å². The van der Waals surface area contributed by atoms with Crippen molar-refractivity contribution >= 4 is 28.6 Å². The number of rotatable bonds is 20. The van der Waals surface area contributed by atoms with Crippen molar-refractivity contribution < 1.29 is 29.7 Å². The van der Waals surface area contributed by atoms with Gasteiger partial charge in [-0.3, -0.25) is 9.28 Å². The lowest BCUT2D eigenvalue weighted by Crippen LogP contribution is -2.64. The normalized spacial score (nSPS) is 14.2. The van der Waals surface area contributed by atoms with E-state index in [1.54, 1.807) is 0 Å². The summed E-state index contributed by atoms with van der Waals surface area (Å²) in [6.07, 6.45) is 12.8. The van der Waals surface area contributed by atoms with Crippen molar-refractivity contribution in [1.29, 1.82) is 0 Å². The molecule has 4 N–H and O–H groups in total. The molecule has 0 spiro atoms. The van der Waals surface area contributed by atoms with Crippen LogP contribution in [0.3, 0.4) is 0 Å². The van der Waals surface area contributed by atoms with Gasteiger partial charge in [-0.15, -0.1) is 0 Å². The second-order valence-electron chi connectivity index (χ2n) is 7.91. The Bertz CT molecular complexity index is 387. The highest BCUT2D eigenvalue weighted by atomic mass is 127. The van der Waals surface area contributed by atoms with E-state index in [0.717, 1.165) is 12.8 Å². The molecule has 6 nitrogen and oxygen atoms in total. The van der Waals surface area contributed by atoms with Crippen molar-refractivity contribution in [3.63, 3.8) is 0 Å². The zero-order valence-corrected chi connectivity index (χ0v) is 19.9. The topological polar surface area (TPSA) is 98.0 Å². The Hall–Kier alpha value is 0.0400. The second kappa shape index (κ2) is 16.8. The highest BCUT2D eigenvalue weighted by molar-refractivity contribution is 14.1. The molecule has 0 aliphatic rings. The molecule has 0 radical (unpaired) electrons. The molecular formula is C21H43INO5+. The lowest BCUT2D eigenvalue weighted by atomic mass is 10.0. The van der Waals surface area contributed by atoms with Crippen LogP contribution in [0.1, 0.15) is 90.4 Å². The minimum Gasteiger partial charge on any atom is -0.481 e. The monoisotopic (exact) mass is 516 g/mol. The predicted octanol–water partition coefficient (Wildman–Crippen LogP) is 4.04. The zero-order valence-electron chi connectivity index (χ0n) is 17.8. The van der Waals surface area contributed by atoms with Crippen molar-refractivity contribution in [3.8, 4) is 0 Å². The number of alkyl halides is 1. The third kappa shape index (κ3) is 11.9. The highest BCUT2D eigenvalue weighted by Crippen LogP contribution is 2.35. The van der Waals surface area contributed by atoms with E-state index in [0.29, 0.717) is 38.9 Å². The van der Waals surface area contributed by atoms with Gasteiger partial charge in [0.15, 0.2) is 0 Å². The molecule has 0 aliphatic carbocycles. The molecule has 0 saturated carbocycles. The first-order chi connectivity index (χ1) is 13.3. The van der Waals surface area contributed by atoms with E-state index in [2.05, 4.69) is 29.5 Å². The molecule has 0 rings (SSSR count). The van der Waals surface area contributed by atoms with Crippen LogP contribution < -0.4 is 0 Å². The highest BCUT2D eigenvalue weighted by Gasteiger charge is 2.46. The van der Waals surface area contributed by atoms with Gasteiger partial charge in [0, 0.05) is 35.4 Å². The van der Waals surface area contributed by atoms with Crippen molar-refractivity contribution in [2.24, 2.45) is 0 Å². The summed E-state index contributed by atoms with van der Waals surface area (Å²) >= 11 is 2.08. The van der Waals surface area contributed by atoms with Crippen molar-refractivity contribution in [3.05, 3.63) is 0 Å². The maximum Gasteiger partial charge on any atom is 0.303 e. The number of aliphatic carboxylic acids is 1. The summed E-state index contributed by atoms with van der Waals surface area (Å²) < 4.78 is -0.842. The summed E-state index contributed by atoms with van der Waals surface area (Å²) in [5.74, 6) is -0.818. The van der Waals surface area contributed by atoms with E-state index in [-0.39, 0.29) is 24.1 Å². The van der Waals surface area contributed by atoms with E-state index in [1.807, 2.05) is 0 Å². The lowest BCUT2D eigenvalue weighted by Gasteiger charge is -2.47. The van der Waals surface area contributed by atoms with E-state index in [1.165, 1.54) is 44.9 Å². The third-order valence-electron chi connectivity index (χ3n) is 5.61. The number of hydrogen-bond donors (Lipinski definition) is 4. The summed E-state index contributed by atoms with van der Waals surface area (Å²) in [4.78, 5) is 10.7. The fourth-order valence-electron chi connectivity index (χ4n) is 3.82. The molecule has 1 atom stereocenters. The van der Waals surface area contributed by atoms with Crippen LogP contribution in [0, 0.1) is 0 Å². The summed E-state index contributed by atoms with van der Waals surface area (Å²) in [7, 11) is 0. The van der Waals surface area contributed by atoms with E-state index in [4.69, 9.17) is 5.11 Å². The fraction of sp³-hybridized carbons (Fsp3) is 0.952. The summed E-state index contributed by atoms with van der Waals surface area (Å²) in [5, 5.41) is 39.2. The molecule has 0 amide bonds. The SMILES string of the molecule is CCCCCCCCCCCC(O)(I)[N+](CCO)(CCO)CCCCC(=O)O. The van der Waals surface area contributed by atoms with Crippen LogP contribution in [0.15, 0.2) is 0 Å². The molecule has 0 aromatic carbocycles. The summed E-state index contributed by atoms with van der Waals surface area (Å²) in [5.41, 5.74) is 0. The quantitative estimate of drug-likeness (QED) is 0.0489. The Kier molecular flexibility index (Phi) is 16.8. The number of nitrogens with zero attached hydrogens (tertiary/aromatic N) is 1. The molecule has 0 bridgehead atoms. The summed E-state index contributed by atoms with van der Waals surface area (Å²) in [6.45, 7) is 3.38. The second-order valence-corrected chi connectivity index (χ2v) is 9.64. The number of carbonyl (C=O) groups is 1. The maximum absolute atomic E-state index is 11.2. The van der Waals surface area contributed by atoms with Gasteiger partial charge >= 0.3 is 5.97 Å². The first kappa shape index (κ1) is 28.0. The van der Waals surface area contributed by atoms with Crippen LogP contribution in [-0.2, 0) is 4.79 Å². The Morgan fingerprint density at radius 2 is 1.32 bits per heavy atom. The minimum absolute atomic E-state index is 0.0675. The predicted molar refractivity (Wildman–Crippen MR) is 121 cm³/mol. The van der Waals surface area contributed by atoms with Crippen molar-refractivity contribution in [2.75, 3.05) is 32.8 Å². The standard InChI is InChI=1S/C21H42INO5/c1-2-3-4-5-6-7-8-9-11-14-21(22,28)23(16-18-24,17-19-25)15-12-10-13-20(26)27/h24-25,28H,2-19H2,1H3/p+1. The van der Waals surface area contributed by atoms with Crippen LogP contribution in [0.4, 0.5) is 0 Å². The molecule has 0 aromatic rings. The maximum atomic E-state index is 11.2. The van der Waals surface area contributed by atoms with Gasteiger partial charge in [0.1, 0.15) is 13.1 Å². The van der Waals surface area contributed by atoms with Gasteiger partial charge in [0.05, 0.1) is 19.8 Å². The van der Waals surface area contributed by atoms with Crippen molar-refractivity contribution in [2.45, 2.75) is 94.1 Å². The van der Waals surface area contributed by atoms with Crippen LogP contribution in [0.25, 0.3) is 0 Å². The lowest BCUT2D eigenvalue weighted by molar-refractivity contribution is -0.977. The van der Waals surface area contributed by atoms with E-state index in [9.17, 15) is 20.1 Å². The Balaban J connectivity index is 4.49. The van der Waals surface area contributed by atoms with Crippen LogP contribution in [0.5, 0.6) is 0 Å². The third-order valence-corrected chi connectivity index (χ3v) is 7.17. The largest absolute Gasteiger partial charge is 0.481 e. The molecule has 0 aromatic heterocycles. The Labute approximate surface area is 185 Å². The number of carboxylic acids is 1. The fourth-order valence-corrected chi connectivity index (χ4v) is 4.93. The van der Waals surface area contributed by atoms with Gasteiger partial charge < -0.3 is 20.4 Å². The van der Waals surface area contributed by atoms with E-state index >= 15 is 0 Å². The number of hydrogen-bond acceptors (Lipinski definition) is 4. The number of halogens is 1. The van der Waals surface area contributed by atoms with Gasteiger partial charge in [0.2, 0.25) is 0 Å². The van der Waals surface area contributed by atoms with Crippen LogP contribution >= 0.6 is 22.6 Å². The number of quaternary nitrogens is 1. The summed E-state index contributed by atoms with van der Waals surface area (Å²) in [6, 6.07) is 0.